The first-order chi connectivity index (χ1) is 15.3. The lowest BCUT2D eigenvalue weighted by Gasteiger charge is -2.35. The molecular weight excluding hydrogens is 406 g/mol. The minimum absolute atomic E-state index is 0.0541. The molecule has 4 rings (SSSR count). The first kappa shape index (κ1) is 21.7. The van der Waals surface area contributed by atoms with Gasteiger partial charge in [0.1, 0.15) is 17.5 Å². The molecule has 7 nitrogen and oxygen atoms in total. The Morgan fingerprint density at radius 3 is 2.72 bits per heavy atom. The van der Waals surface area contributed by atoms with Crippen LogP contribution >= 0.6 is 0 Å². The van der Waals surface area contributed by atoms with E-state index in [0.717, 1.165) is 16.5 Å². The number of aromatic nitrogens is 1. The van der Waals surface area contributed by atoms with Gasteiger partial charge in [0.05, 0.1) is 18.8 Å². The molecule has 0 radical (unpaired) electrons. The summed E-state index contributed by atoms with van der Waals surface area (Å²) in [5, 5.41) is 4.09. The second kappa shape index (κ2) is 8.94. The molecule has 0 bridgehead atoms. The van der Waals surface area contributed by atoms with Gasteiger partial charge in [-0.3, -0.25) is 9.69 Å². The van der Waals surface area contributed by atoms with Gasteiger partial charge in [-0.15, -0.1) is 0 Å². The molecule has 2 N–H and O–H groups in total. The van der Waals surface area contributed by atoms with Crippen molar-refractivity contribution in [1.29, 1.82) is 0 Å². The number of aromatic amines is 1. The van der Waals surface area contributed by atoms with E-state index in [4.69, 9.17) is 9.47 Å². The summed E-state index contributed by atoms with van der Waals surface area (Å²) in [6.45, 7) is 6.11. The van der Waals surface area contributed by atoms with Gasteiger partial charge in [0, 0.05) is 23.5 Å². The average Bonchev–Trinajstić information content (AvgIpc) is 3.17. The summed E-state index contributed by atoms with van der Waals surface area (Å²) >= 11 is 0. The normalized spacial score (nSPS) is 15.7. The van der Waals surface area contributed by atoms with Crippen LogP contribution < -0.4 is 15.0 Å². The number of carbonyl (C=O) groups excluding carboxylic acids is 2. The number of benzene rings is 2. The van der Waals surface area contributed by atoms with Crippen LogP contribution in [0.15, 0.2) is 54.7 Å². The third-order valence-electron chi connectivity index (χ3n) is 5.27. The quantitative estimate of drug-likeness (QED) is 0.621. The number of hydrogen-bond donors (Lipinski definition) is 2. The van der Waals surface area contributed by atoms with E-state index in [1.54, 1.807) is 4.90 Å². The largest absolute Gasteiger partial charge is 0.485 e. The minimum Gasteiger partial charge on any atom is -0.485 e. The number of hydrogen-bond acceptors (Lipinski definition) is 4. The topological polar surface area (TPSA) is 83.7 Å². The molecule has 1 aromatic heterocycles. The lowest BCUT2D eigenvalue weighted by molar-refractivity contribution is -0.121. The SMILES string of the molecule is CC(C)(C)OC(=O)N1CC(CNC(=O)CCc2c[nH]c3ccccc23)Oc2ccccc21. The van der Waals surface area contributed by atoms with Crippen molar-refractivity contribution in [2.24, 2.45) is 0 Å². The zero-order chi connectivity index (χ0) is 22.7. The van der Waals surface area contributed by atoms with Crippen LogP contribution in [0.3, 0.4) is 0 Å². The smallest absolute Gasteiger partial charge is 0.415 e. The summed E-state index contributed by atoms with van der Waals surface area (Å²) < 4.78 is 11.6. The summed E-state index contributed by atoms with van der Waals surface area (Å²) in [7, 11) is 0. The zero-order valence-electron chi connectivity index (χ0n) is 18.7. The van der Waals surface area contributed by atoms with Gasteiger partial charge in [0.15, 0.2) is 0 Å². The van der Waals surface area contributed by atoms with Crippen LogP contribution in [0.25, 0.3) is 10.9 Å². The van der Waals surface area contributed by atoms with Gasteiger partial charge in [0.25, 0.3) is 0 Å². The second-order valence-corrected chi connectivity index (χ2v) is 8.96. The molecule has 0 fully saturated rings. The van der Waals surface area contributed by atoms with Crippen LogP contribution in [-0.4, -0.2) is 41.8 Å². The summed E-state index contributed by atoms with van der Waals surface area (Å²) in [5.41, 5.74) is 2.26. The molecule has 3 aromatic rings. The zero-order valence-corrected chi connectivity index (χ0v) is 18.7. The van der Waals surface area contributed by atoms with Crippen LogP contribution in [0.2, 0.25) is 0 Å². The van der Waals surface area contributed by atoms with E-state index >= 15 is 0 Å². The van der Waals surface area contributed by atoms with Gasteiger partial charge in [-0.25, -0.2) is 4.79 Å². The van der Waals surface area contributed by atoms with Crippen molar-refractivity contribution in [2.75, 3.05) is 18.0 Å². The molecule has 0 aliphatic carbocycles. The fourth-order valence-corrected chi connectivity index (χ4v) is 3.80. The molecular formula is C25H29N3O4. The van der Waals surface area contributed by atoms with Crippen molar-refractivity contribution in [2.45, 2.75) is 45.3 Å². The highest BCUT2D eigenvalue weighted by Crippen LogP contribution is 2.34. The van der Waals surface area contributed by atoms with E-state index < -0.39 is 11.7 Å². The molecule has 2 heterocycles. The lowest BCUT2D eigenvalue weighted by Crippen LogP contribution is -2.49. The van der Waals surface area contributed by atoms with Crippen molar-refractivity contribution in [3.8, 4) is 5.75 Å². The van der Waals surface area contributed by atoms with Crippen LogP contribution in [0.4, 0.5) is 10.5 Å². The number of carbonyl (C=O) groups is 2. The standard InChI is InChI=1S/C25H29N3O4/c1-25(2,3)32-24(30)28-16-18(31-22-11-7-6-10-21(22)28)15-27-23(29)13-12-17-14-26-20-9-5-4-8-19(17)20/h4-11,14,18,26H,12-13,15-16H2,1-3H3,(H,27,29). The fourth-order valence-electron chi connectivity index (χ4n) is 3.80. The molecule has 1 aliphatic rings. The first-order valence-corrected chi connectivity index (χ1v) is 10.9. The maximum Gasteiger partial charge on any atom is 0.415 e. The molecule has 168 valence electrons. The Balaban J connectivity index is 1.35. The van der Waals surface area contributed by atoms with E-state index in [2.05, 4.69) is 16.4 Å². The number of amides is 2. The average molecular weight is 436 g/mol. The van der Waals surface area contributed by atoms with Gasteiger partial charge < -0.3 is 19.8 Å². The predicted molar refractivity (Wildman–Crippen MR) is 124 cm³/mol. The number of anilines is 1. The number of nitrogens with zero attached hydrogens (tertiary/aromatic N) is 1. The molecule has 0 saturated heterocycles. The highest BCUT2D eigenvalue weighted by molar-refractivity contribution is 5.90. The van der Waals surface area contributed by atoms with Crippen molar-refractivity contribution < 1.29 is 19.1 Å². The molecule has 0 spiro atoms. The Hall–Kier alpha value is -3.48. The summed E-state index contributed by atoms with van der Waals surface area (Å²) in [6.07, 6.45) is 2.19. The molecule has 2 amide bonds. The Morgan fingerprint density at radius 2 is 1.91 bits per heavy atom. The van der Waals surface area contributed by atoms with Crippen molar-refractivity contribution >= 4 is 28.6 Å². The lowest BCUT2D eigenvalue weighted by atomic mass is 10.1. The first-order valence-electron chi connectivity index (χ1n) is 10.9. The third kappa shape index (κ3) is 5.04. The molecule has 1 atom stereocenters. The number of rotatable bonds is 5. The van der Waals surface area contributed by atoms with Gasteiger partial charge >= 0.3 is 6.09 Å². The number of aryl methyl sites for hydroxylation is 1. The third-order valence-corrected chi connectivity index (χ3v) is 5.27. The van der Waals surface area contributed by atoms with Gasteiger partial charge in [0.2, 0.25) is 5.91 Å². The molecule has 7 heteroatoms. The molecule has 1 aliphatic heterocycles. The van der Waals surface area contributed by atoms with Crippen LogP contribution in [0.5, 0.6) is 5.75 Å². The van der Waals surface area contributed by atoms with Crippen LogP contribution in [-0.2, 0) is 16.0 Å². The van der Waals surface area contributed by atoms with E-state index in [9.17, 15) is 9.59 Å². The van der Waals surface area contributed by atoms with Gasteiger partial charge in [-0.2, -0.15) is 0 Å². The van der Waals surface area contributed by atoms with Crippen molar-refractivity contribution in [3.05, 3.63) is 60.3 Å². The highest BCUT2D eigenvalue weighted by atomic mass is 16.6. The summed E-state index contributed by atoms with van der Waals surface area (Å²) in [6, 6.07) is 15.4. The van der Waals surface area contributed by atoms with Crippen molar-refractivity contribution in [3.63, 3.8) is 0 Å². The number of ether oxygens (including phenoxy) is 2. The maximum atomic E-state index is 12.8. The predicted octanol–water partition coefficient (Wildman–Crippen LogP) is 4.42. The van der Waals surface area contributed by atoms with E-state index in [1.165, 1.54) is 0 Å². The number of H-pyrrole nitrogens is 1. The summed E-state index contributed by atoms with van der Waals surface area (Å²) in [5.74, 6) is 0.546. The number of para-hydroxylation sites is 3. The minimum atomic E-state index is -0.601. The van der Waals surface area contributed by atoms with Crippen LogP contribution in [0, 0.1) is 0 Å². The van der Waals surface area contributed by atoms with Gasteiger partial charge in [-0.1, -0.05) is 30.3 Å². The van der Waals surface area contributed by atoms with Gasteiger partial charge in [-0.05, 0) is 51.0 Å². The Bertz CT molecular complexity index is 1120. The van der Waals surface area contributed by atoms with E-state index in [0.29, 0.717) is 37.4 Å². The molecule has 32 heavy (non-hydrogen) atoms. The molecule has 2 aromatic carbocycles. The van der Waals surface area contributed by atoms with E-state index in [-0.39, 0.29) is 12.0 Å². The maximum absolute atomic E-state index is 12.8. The molecule has 1 unspecified atom stereocenters. The molecule has 0 saturated carbocycles. The second-order valence-electron chi connectivity index (χ2n) is 8.96. The highest BCUT2D eigenvalue weighted by Gasteiger charge is 2.32. The summed E-state index contributed by atoms with van der Waals surface area (Å²) in [4.78, 5) is 30.1. The monoisotopic (exact) mass is 435 g/mol. The Kier molecular flexibility index (Phi) is 6.08. The van der Waals surface area contributed by atoms with E-state index in [1.807, 2.05) is 69.4 Å². The Morgan fingerprint density at radius 1 is 1.16 bits per heavy atom. The number of fused-ring (bicyclic) bond motifs is 2. The Labute approximate surface area is 187 Å². The van der Waals surface area contributed by atoms with Crippen molar-refractivity contribution in [1.82, 2.24) is 10.3 Å². The van der Waals surface area contributed by atoms with Crippen LogP contribution in [0.1, 0.15) is 32.8 Å². The number of nitrogens with one attached hydrogen (secondary N) is 2. The fraction of sp³-hybridized carbons (Fsp3) is 0.360.